The van der Waals surface area contributed by atoms with Crippen LogP contribution in [0.5, 0.6) is 23.0 Å². The van der Waals surface area contributed by atoms with E-state index in [0.717, 1.165) is 16.7 Å². The van der Waals surface area contributed by atoms with Crippen LogP contribution in [-0.2, 0) is 4.79 Å². The van der Waals surface area contributed by atoms with E-state index in [4.69, 9.17) is 24.7 Å². The summed E-state index contributed by atoms with van der Waals surface area (Å²) < 4.78 is 21.7. The number of nitrogens with two attached hydrogens (primary N) is 1. The second-order valence-electron chi connectivity index (χ2n) is 7.21. The maximum absolute atomic E-state index is 12.6. The van der Waals surface area contributed by atoms with Gasteiger partial charge in [-0.1, -0.05) is 36.4 Å². The molecular weight excluding hydrogens is 432 g/mol. The lowest BCUT2D eigenvalue weighted by molar-refractivity contribution is -0.111. The largest absolute Gasteiger partial charge is 0.495 e. The number of amides is 1. The number of rotatable bonds is 9. The summed E-state index contributed by atoms with van der Waals surface area (Å²) in [5.41, 5.74) is 9.41. The van der Waals surface area contributed by atoms with Crippen LogP contribution in [0.25, 0.3) is 18.2 Å². The van der Waals surface area contributed by atoms with Crippen molar-refractivity contribution < 1.29 is 23.7 Å². The van der Waals surface area contributed by atoms with Gasteiger partial charge in [0.25, 0.3) is 0 Å². The summed E-state index contributed by atoms with van der Waals surface area (Å²) in [5.74, 6) is 1.86. The molecule has 7 nitrogen and oxygen atoms in total. The molecule has 0 radical (unpaired) electrons. The van der Waals surface area contributed by atoms with E-state index in [0.29, 0.717) is 34.4 Å². The Balaban J connectivity index is 1.89. The highest BCUT2D eigenvalue weighted by Gasteiger charge is 2.13. The average molecular weight is 461 g/mol. The second-order valence-corrected chi connectivity index (χ2v) is 7.21. The molecular formula is C27H28N2O5. The Bertz CT molecular complexity index is 1190. The first kappa shape index (κ1) is 24.3. The molecule has 0 unspecified atom stereocenters. The number of anilines is 2. The number of benzene rings is 3. The van der Waals surface area contributed by atoms with Crippen LogP contribution in [0.1, 0.15) is 16.7 Å². The minimum Gasteiger partial charge on any atom is -0.495 e. The van der Waals surface area contributed by atoms with Gasteiger partial charge in [-0.2, -0.15) is 0 Å². The molecule has 0 saturated heterocycles. The Morgan fingerprint density at radius 1 is 0.765 bits per heavy atom. The van der Waals surface area contributed by atoms with Gasteiger partial charge in [0.2, 0.25) is 11.7 Å². The van der Waals surface area contributed by atoms with Crippen LogP contribution < -0.4 is 30.0 Å². The molecule has 0 spiro atoms. The Morgan fingerprint density at radius 2 is 1.44 bits per heavy atom. The fraction of sp³-hybridized carbons (Fsp3) is 0.148. The van der Waals surface area contributed by atoms with Crippen LogP contribution in [0.15, 0.2) is 60.7 Å². The van der Waals surface area contributed by atoms with Gasteiger partial charge < -0.3 is 30.0 Å². The molecule has 34 heavy (non-hydrogen) atoms. The van der Waals surface area contributed by atoms with Crippen LogP contribution in [-0.4, -0.2) is 34.3 Å². The first-order valence-electron chi connectivity index (χ1n) is 10.5. The van der Waals surface area contributed by atoms with Gasteiger partial charge in [0.1, 0.15) is 5.75 Å². The van der Waals surface area contributed by atoms with Gasteiger partial charge in [-0.3, -0.25) is 4.79 Å². The van der Waals surface area contributed by atoms with E-state index in [1.807, 2.05) is 48.6 Å². The van der Waals surface area contributed by atoms with Crippen molar-refractivity contribution in [1.29, 1.82) is 0 Å². The number of carbonyl (C=O) groups excluding carboxylic acids is 1. The van der Waals surface area contributed by atoms with E-state index in [-0.39, 0.29) is 5.91 Å². The highest BCUT2D eigenvalue weighted by Crippen LogP contribution is 2.39. The van der Waals surface area contributed by atoms with E-state index >= 15 is 0 Å². The van der Waals surface area contributed by atoms with Crippen LogP contribution in [0.2, 0.25) is 0 Å². The van der Waals surface area contributed by atoms with Crippen molar-refractivity contribution in [1.82, 2.24) is 0 Å². The summed E-state index contributed by atoms with van der Waals surface area (Å²) in [6.07, 6.45) is 6.92. The highest BCUT2D eigenvalue weighted by atomic mass is 16.5. The Morgan fingerprint density at radius 3 is 2.06 bits per heavy atom. The van der Waals surface area contributed by atoms with Gasteiger partial charge in [0.15, 0.2) is 11.5 Å². The van der Waals surface area contributed by atoms with E-state index in [1.54, 1.807) is 52.7 Å². The van der Waals surface area contributed by atoms with Crippen molar-refractivity contribution in [3.8, 4) is 23.0 Å². The highest BCUT2D eigenvalue weighted by molar-refractivity contribution is 6.04. The molecule has 3 aromatic carbocycles. The summed E-state index contributed by atoms with van der Waals surface area (Å²) in [7, 11) is 6.25. The molecule has 176 valence electrons. The first-order valence-corrected chi connectivity index (χ1v) is 10.5. The van der Waals surface area contributed by atoms with Gasteiger partial charge in [0.05, 0.1) is 34.1 Å². The molecule has 3 rings (SSSR count). The maximum atomic E-state index is 12.6. The Labute approximate surface area is 199 Å². The Hall–Kier alpha value is -4.39. The average Bonchev–Trinajstić information content (AvgIpc) is 2.86. The zero-order chi connectivity index (χ0) is 24.5. The number of para-hydroxylation sites is 1. The molecule has 0 aromatic heterocycles. The number of carbonyl (C=O) groups is 1. The predicted molar refractivity (Wildman–Crippen MR) is 137 cm³/mol. The van der Waals surface area contributed by atoms with E-state index in [2.05, 4.69) is 5.32 Å². The first-order chi connectivity index (χ1) is 16.5. The third-order valence-corrected chi connectivity index (χ3v) is 5.01. The molecule has 0 fully saturated rings. The van der Waals surface area contributed by atoms with Gasteiger partial charge >= 0.3 is 0 Å². The molecule has 3 N–H and O–H groups in total. The summed E-state index contributed by atoms with van der Waals surface area (Å²) in [6, 6.07) is 16.5. The van der Waals surface area contributed by atoms with Gasteiger partial charge in [-0.05, 0) is 47.5 Å². The molecule has 7 heteroatoms. The van der Waals surface area contributed by atoms with Crippen LogP contribution in [0, 0.1) is 0 Å². The molecule has 1 amide bonds. The van der Waals surface area contributed by atoms with Gasteiger partial charge in [-0.25, -0.2) is 0 Å². The smallest absolute Gasteiger partial charge is 0.248 e. The monoisotopic (exact) mass is 460 g/mol. The van der Waals surface area contributed by atoms with Crippen LogP contribution in [0.4, 0.5) is 11.4 Å². The van der Waals surface area contributed by atoms with Crippen molar-refractivity contribution in [2.24, 2.45) is 0 Å². The fourth-order valence-corrected chi connectivity index (χ4v) is 3.37. The summed E-state index contributed by atoms with van der Waals surface area (Å²) in [4.78, 5) is 12.6. The van der Waals surface area contributed by atoms with Crippen molar-refractivity contribution in [2.45, 2.75) is 0 Å². The maximum Gasteiger partial charge on any atom is 0.248 e. The minimum atomic E-state index is -0.297. The summed E-state index contributed by atoms with van der Waals surface area (Å²) in [6.45, 7) is 0. The molecule has 0 aliphatic rings. The van der Waals surface area contributed by atoms with Crippen molar-refractivity contribution in [3.63, 3.8) is 0 Å². The molecule has 3 aromatic rings. The Kier molecular flexibility index (Phi) is 8.18. The zero-order valence-corrected chi connectivity index (χ0v) is 19.6. The molecule has 0 saturated carbocycles. The van der Waals surface area contributed by atoms with E-state index < -0.39 is 0 Å². The third-order valence-electron chi connectivity index (χ3n) is 5.01. The number of hydrogen-bond acceptors (Lipinski definition) is 6. The lowest BCUT2D eigenvalue weighted by Gasteiger charge is -2.13. The van der Waals surface area contributed by atoms with Gasteiger partial charge in [-0.15, -0.1) is 0 Å². The lowest BCUT2D eigenvalue weighted by atomic mass is 10.1. The number of hydrogen-bond donors (Lipinski definition) is 2. The standard InChI is InChI=1S/C27H28N2O5/c1-31-22-10-6-8-20(13-11-19-16-23(32-2)27(34-4)24(17-19)33-3)26(22)29-25(30)14-12-18-7-5-9-21(28)15-18/h5-17H,28H2,1-4H3,(H,29,30)/b13-11?,14-12+. The molecule has 0 atom stereocenters. The minimum absolute atomic E-state index is 0.297. The molecule has 0 heterocycles. The number of nitrogen functional groups attached to an aromatic ring is 1. The third kappa shape index (κ3) is 5.89. The lowest BCUT2D eigenvalue weighted by Crippen LogP contribution is -2.10. The quantitative estimate of drug-likeness (QED) is 0.261. The fourth-order valence-electron chi connectivity index (χ4n) is 3.37. The predicted octanol–water partition coefficient (Wildman–Crippen LogP) is 5.13. The number of methoxy groups -OCH3 is 4. The van der Waals surface area contributed by atoms with Gasteiger partial charge in [0, 0.05) is 17.3 Å². The van der Waals surface area contributed by atoms with Crippen LogP contribution >= 0.6 is 0 Å². The molecule has 0 aliphatic heterocycles. The summed E-state index contributed by atoms with van der Waals surface area (Å²) >= 11 is 0. The molecule has 0 aliphatic carbocycles. The van der Waals surface area contributed by atoms with Crippen LogP contribution in [0.3, 0.4) is 0 Å². The molecule has 0 bridgehead atoms. The topological polar surface area (TPSA) is 92.0 Å². The number of nitrogens with one attached hydrogen (secondary N) is 1. The van der Waals surface area contributed by atoms with Crippen molar-refractivity contribution in [3.05, 3.63) is 77.4 Å². The SMILES string of the molecule is COc1cccc(C=Cc2cc(OC)c(OC)c(OC)c2)c1NC(=O)/C=C/c1cccc(N)c1. The van der Waals surface area contributed by atoms with Crippen molar-refractivity contribution in [2.75, 3.05) is 39.5 Å². The van der Waals surface area contributed by atoms with E-state index in [9.17, 15) is 4.79 Å². The van der Waals surface area contributed by atoms with E-state index in [1.165, 1.54) is 6.08 Å². The second kappa shape index (κ2) is 11.5. The zero-order valence-electron chi connectivity index (χ0n) is 19.6. The number of ether oxygens (including phenoxy) is 4. The normalized spacial score (nSPS) is 10.9. The summed E-state index contributed by atoms with van der Waals surface area (Å²) in [5, 5.41) is 2.91. The van der Waals surface area contributed by atoms with Crippen molar-refractivity contribution >= 4 is 35.5 Å².